The van der Waals surface area contributed by atoms with Crippen LogP contribution in [-0.4, -0.2) is 21.9 Å². The minimum atomic E-state index is -0.370. The Balaban J connectivity index is 1.64. The number of nitrogens with zero attached hydrogens (tertiary/aromatic N) is 1. The zero-order valence-corrected chi connectivity index (χ0v) is 14.1. The van der Waals surface area contributed by atoms with Gasteiger partial charge in [0.25, 0.3) is 5.22 Å². The van der Waals surface area contributed by atoms with Crippen LogP contribution in [0.2, 0.25) is 0 Å². The van der Waals surface area contributed by atoms with Crippen LogP contribution in [0.3, 0.4) is 0 Å². The summed E-state index contributed by atoms with van der Waals surface area (Å²) in [5.74, 6) is -0.161. The van der Waals surface area contributed by atoms with Gasteiger partial charge in [0.15, 0.2) is 11.4 Å². The first kappa shape index (κ1) is 16.3. The van der Waals surface area contributed by atoms with Crippen molar-refractivity contribution in [2.75, 3.05) is 5.32 Å². The molecule has 3 rings (SSSR count). The number of hydrogen-bond acceptors (Lipinski definition) is 5. The molecule has 0 fully saturated rings. The maximum absolute atomic E-state index is 12.3. The van der Waals surface area contributed by atoms with Crippen molar-refractivity contribution in [1.82, 2.24) is 4.98 Å². The zero-order valence-electron chi connectivity index (χ0n) is 13.3. The van der Waals surface area contributed by atoms with Crippen LogP contribution in [0.1, 0.15) is 24.2 Å². The number of hydrogen-bond donors (Lipinski definition) is 1. The van der Waals surface area contributed by atoms with Crippen molar-refractivity contribution in [2.45, 2.75) is 24.3 Å². The van der Waals surface area contributed by atoms with E-state index in [9.17, 15) is 9.59 Å². The summed E-state index contributed by atoms with van der Waals surface area (Å²) in [5, 5.41) is 2.92. The number of thioether (sulfide) groups is 1. The van der Waals surface area contributed by atoms with E-state index in [1.807, 2.05) is 24.3 Å². The Morgan fingerprint density at radius 2 is 1.83 bits per heavy atom. The molecular weight excluding hydrogens is 324 g/mol. The van der Waals surface area contributed by atoms with E-state index < -0.39 is 0 Å². The molecule has 24 heavy (non-hydrogen) atoms. The van der Waals surface area contributed by atoms with Crippen LogP contribution in [0.15, 0.2) is 58.2 Å². The monoisotopic (exact) mass is 340 g/mol. The van der Waals surface area contributed by atoms with Gasteiger partial charge in [-0.25, -0.2) is 4.98 Å². The van der Waals surface area contributed by atoms with E-state index >= 15 is 0 Å². The Labute approximate surface area is 143 Å². The number of nitrogens with one attached hydrogen (secondary N) is 1. The van der Waals surface area contributed by atoms with Crippen LogP contribution >= 0.6 is 11.8 Å². The molecule has 1 N–H and O–H groups in total. The maximum Gasteiger partial charge on any atom is 0.257 e. The molecule has 0 saturated heterocycles. The second-order valence-corrected chi connectivity index (χ2v) is 6.62. The highest BCUT2D eigenvalue weighted by atomic mass is 32.2. The number of ketones is 1. The Morgan fingerprint density at radius 3 is 2.50 bits per heavy atom. The Morgan fingerprint density at radius 1 is 1.12 bits per heavy atom. The lowest BCUT2D eigenvalue weighted by molar-refractivity contribution is -0.115. The molecule has 5 nitrogen and oxygen atoms in total. The van der Waals surface area contributed by atoms with Gasteiger partial charge in [-0.3, -0.25) is 9.59 Å². The highest BCUT2D eigenvalue weighted by Crippen LogP contribution is 2.27. The van der Waals surface area contributed by atoms with Crippen molar-refractivity contribution >= 4 is 40.2 Å². The van der Waals surface area contributed by atoms with Crippen LogP contribution in [0.4, 0.5) is 5.69 Å². The highest BCUT2D eigenvalue weighted by Gasteiger charge is 2.18. The van der Waals surface area contributed by atoms with Crippen molar-refractivity contribution < 1.29 is 14.0 Å². The summed E-state index contributed by atoms with van der Waals surface area (Å²) in [6, 6.07) is 14.3. The van der Waals surface area contributed by atoms with Crippen LogP contribution < -0.4 is 5.32 Å². The van der Waals surface area contributed by atoms with Gasteiger partial charge in [0, 0.05) is 11.3 Å². The molecule has 2 aromatic carbocycles. The minimum absolute atomic E-state index is 0.00670. The average molecular weight is 340 g/mol. The highest BCUT2D eigenvalue weighted by molar-refractivity contribution is 8.00. The van der Waals surface area contributed by atoms with Gasteiger partial charge in [-0.2, -0.15) is 0 Å². The van der Waals surface area contributed by atoms with Gasteiger partial charge < -0.3 is 9.73 Å². The number of benzene rings is 2. The zero-order chi connectivity index (χ0) is 17.1. The van der Waals surface area contributed by atoms with E-state index in [2.05, 4.69) is 10.3 Å². The summed E-state index contributed by atoms with van der Waals surface area (Å²) >= 11 is 1.26. The van der Waals surface area contributed by atoms with Crippen LogP contribution in [-0.2, 0) is 4.79 Å². The summed E-state index contributed by atoms with van der Waals surface area (Å²) in [7, 11) is 0. The predicted octanol–water partition coefficient (Wildman–Crippen LogP) is 4.15. The number of fused-ring (bicyclic) bond motifs is 1. The van der Waals surface area contributed by atoms with Gasteiger partial charge in [-0.05, 0) is 50.2 Å². The number of oxazole rings is 1. The number of amides is 1. The molecule has 0 spiro atoms. The van der Waals surface area contributed by atoms with Gasteiger partial charge in [0.05, 0.1) is 5.25 Å². The second kappa shape index (κ2) is 6.88. The van der Waals surface area contributed by atoms with Crippen molar-refractivity contribution in [3.63, 3.8) is 0 Å². The molecule has 1 atom stereocenters. The first-order valence-corrected chi connectivity index (χ1v) is 8.35. The standard InChI is InChI=1S/C18H16N2O3S/c1-11(21)13-7-9-14(10-8-13)19-17(22)12(2)24-18-20-15-5-3-4-6-16(15)23-18/h3-10,12H,1-2H3,(H,19,22)/t12-/m1/s1. The van der Waals surface area contributed by atoms with Crippen LogP contribution in [0.5, 0.6) is 0 Å². The van der Waals surface area contributed by atoms with Gasteiger partial charge in [-0.15, -0.1) is 0 Å². The maximum atomic E-state index is 12.3. The van der Waals surface area contributed by atoms with E-state index in [4.69, 9.17) is 4.42 Å². The van der Waals surface area contributed by atoms with E-state index in [1.54, 1.807) is 31.2 Å². The smallest absolute Gasteiger partial charge is 0.257 e. The van der Waals surface area contributed by atoms with E-state index in [0.717, 1.165) is 5.52 Å². The topological polar surface area (TPSA) is 72.2 Å². The first-order chi connectivity index (χ1) is 11.5. The third kappa shape index (κ3) is 3.65. The second-order valence-electron chi connectivity index (χ2n) is 5.33. The van der Waals surface area contributed by atoms with Gasteiger partial charge in [0.1, 0.15) is 5.52 Å². The van der Waals surface area contributed by atoms with E-state index in [1.165, 1.54) is 18.7 Å². The molecule has 0 aliphatic rings. The SMILES string of the molecule is CC(=O)c1ccc(NC(=O)[C@@H](C)Sc2nc3ccccc3o2)cc1. The lowest BCUT2D eigenvalue weighted by Crippen LogP contribution is -2.22. The van der Waals surface area contributed by atoms with Crippen LogP contribution in [0, 0.1) is 0 Å². The molecule has 122 valence electrons. The molecule has 6 heteroatoms. The van der Waals surface area contributed by atoms with Gasteiger partial charge in [0.2, 0.25) is 5.91 Å². The quantitative estimate of drug-likeness (QED) is 0.558. The van der Waals surface area contributed by atoms with Crippen molar-refractivity contribution in [1.29, 1.82) is 0 Å². The number of para-hydroxylation sites is 2. The Bertz CT molecular complexity index is 854. The van der Waals surface area contributed by atoms with E-state index in [-0.39, 0.29) is 16.9 Å². The molecule has 1 amide bonds. The van der Waals surface area contributed by atoms with Gasteiger partial charge in [-0.1, -0.05) is 23.9 Å². The number of anilines is 1. The largest absolute Gasteiger partial charge is 0.431 e. The fourth-order valence-electron chi connectivity index (χ4n) is 2.14. The summed E-state index contributed by atoms with van der Waals surface area (Å²) in [5.41, 5.74) is 2.73. The number of Topliss-reactive ketones (excluding diaryl/α,β-unsaturated/α-hetero) is 1. The lowest BCUT2D eigenvalue weighted by atomic mass is 10.1. The third-order valence-corrected chi connectivity index (χ3v) is 4.42. The summed E-state index contributed by atoms with van der Waals surface area (Å²) in [6.07, 6.45) is 0. The molecule has 0 saturated carbocycles. The number of carbonyl (C=O) groups is 2. The summed E-state index contributed by atoms with van der Waals surface area (Å²) in [4.78, 5) is 27.9. The Kier molecular flexibility index (Phi) is 4.66. The molecule has 0 aliphatic carbocycles. The van der Waals surface area contributed by atoms with Crippen molar-refractivity contribution in [2.24, 2.45) is 0 Å². The summed E-state index contributed by atoms with van der Waals surface area (Å²) in [6.45, 7) is 3.30. The number of rotatable bonds is 5. The fourth-order valence-corrected chi connectivity index (χ4v) is 2.90. The Hall–Kier alpha value is -2.60. The third-order valence-electron chi connectivity index (χ3n) is 3.48. The minimum Gasteiger partial charge on any atom is -0.431 e. The molecule has 0 bridgehead atoms. The normalized spacial score (nSPS) is 12.1. The fraction of sp³-hybridized carbons (Fsp3) is 0.167. The summed E-state index contributed by atoms with van der Waals surface area (Å²) < 4.78 is 5.62. The molecule has 0 unspecified atom stereocenters. The molecular formula is C18H16N2O3S. The molecule has 1 aromatic heterocycles. The van der Waals surface area contributed by atoms with Crippen molar-refractivity contribution in [3.8, 4) is 0 Å². The van der Waals surface area contributed by atoms with E-state index in [0.29, 0.717) is 22.1 Å². The molecule has 0 radical (unpaired) electrons. The number of aromatic nitrogens is 1. The molecule has 1 heterocycles. The van der Waals surface area contributed by atoms with Crippen LogP contribution in [0.25, 0.3) is 11.1 Å². The predicted molar refractivity (Wildman–Crippen MR) is 94.4 cm³/mol. The molecule has 3 aromatic rings. The van der Waals surface area contributed by atoms with Gasteiger partial charge >= 0.3 is 0 Å². The number of carbonyl (C=O) groups excluding carboxylic acids is 2. The average Bonchev–Trinajstić information content (AvgIpc) is 2.97. The van der Waals surface area contributed by atoms with Crippen molar-refractivity contribution in [3.05, 3.63) is 54.1 Å². The lowest BCUT2D eigenvalue weighted by Gasteiger charge is -2.10. The molecule has 0 aliphatic heterocycles. The first-order valence-electron chi connectivity index (χ1n) is 7.47.